The van der Waals surface area contributed by atoms with Crippen molar-refractivity contribution in [2.45, 2.75) is 23.8 Å². The summed E-state index contributed by atoms with van der Waals surface area (Å²) < 4.78 is 14.2. The average molecular weight is 349 g/mol. The fourth-order valence-electron chi connectivity index (χ4n) is 2.86. The molecule has 0 fully saturated rings. The number of aromatic nitrogens is 1. The van der Waals surface area contributed by atoms with Gasteiger partial charge in [-0.2, -0.15) is 0 Å². The summed E-state index contributed by atoms with van der Waals surface area (Å²) in [5, 5.41) is 11.1. The Kier molecular flexibility index (Phi) is 4.32. The molecule has 2 atom stereocenters. The van der Waals surface area contributed by atoms with Crippen LogP contribution < -0.4 is 0 Å². The molecule has 0 aromatic carbocycles. The van der Waals surface area contributed by atoms with Crippen LogP contribution in [-0.2, 0) is 22.1 Å². The van der Waals surface area contributed by atoms with E-state index in [1.165, 1.54) is 17.4 Å². The summed E-state index contributed by atoms with van der Waals surface area (Å²) in [4.78, 5) is 25.2. The molecule has 0 bridgehead atoms. The highest BCUT2D eigenvalue weighted by Gasteiger charge is 2.35. The molecule has 0 saturated carbocycles. The fourth-order valence-corrected chi connectivity index (χ4v) is 4.59. The highest BCUT2D eigenvalue weighted by molar-refractivity contribution is 7.85. The largest absolute Gasteiger partial charge is 0.481 e. The Morgan fingerprint density at radius 1 is 1.52 bits per heavy atom. The Labute approximate surface area is 139 Å². The second-order valence-corrected chi connectivity index (χ2v) is 7.63. The molecule has 1 aliphatic heterocycles. The van der Waals surface area contributed by atoms with Gasteiger partial charge in [0.15, 0.2) is 0 Å². The van der Waals surface area contributed by atoms with Crippen LogP contribution in [0.25, 0.3) is 0 Å². The number of aliphatic carboxylic acids is 1. The second-order valence-electron chi connectivity index (χ2n) is 5.22. The van der Waals surface area contributed by atoms with E-state index in [1.54, 1.807) is 22.8 Å². The molecule has 3 heterocycles. The standard InChI is InChI=1S/C16H15NO4S2/c1-2-8-23(21)13-9-11-10(16(19)20)5-6-17(11)14(13)15(18)12-4-3-7-22-12/h2-4,7,9-10H,1,5-6,8H2,(H,19,20). The summed E-state index contributed by atoms with van der Waals surface area (Å²) in [6.45, 7) is 4.03. The Balaban J connectivity index is 2.14. The number of carbonyl (C=O) groups excluding carboxylic acids is 1. The van der Waals surface area contributed by atoms with Crippen LogP contribution >= 0.6 is 11.3 Å². The first kappa shape index (κ1) is 15.9. The quantitative estimate of drug-likeness (QED) is 0.642. The van der Waals surface area contributed by atoms with Gasteiger partial charge in [-0.1, -0.05) is 12.1 Å². The molecule has 0 aliphatic carbocycles. The Morgan fingerprint density at radius 2 is 2.30 bits per heavy atom. The number of ketones is 1. The Bertz CT molecular complexity index is 804. The molecule has 3 rings (SSSR count). The van der Waals surface area contributed by atoms with Gasteiger partial charge in [-0.3, -0.25) is 13.8 Å². The summed E-state index contributed by atoms with van der Waals surface area (Å²) >= 11 is 1.32. The number of rotatable bonds is 6. The van der Waals surface area contributed by atoms with Gasteiger partial charge in [0.25, 0.3) is 0 Å². The Hall–Kier alpha value is -1.99. The first-order valence-electron chi connectivity index (χ1n) is 7.08. The smallest absolute Gasteiger partial charge is 0.312 e. The van der Waals surface area contributed by atoms with Gasteiger partial charge in [-0.15, -0.1) is 17.9 Å². The van der Waals surface area contributed by atoms with Gasteiger partial charge in [0.2, 0.25) is 5.78 Å². The average Bonchev–Trinajstić information content (AvgIpc) is 3.22. The van der Waals surface area contributed by atoms with Crippen LogP contribution in [0.15, 0.2) is 41.1 Å². The summed E-state index contributed by atoms with van der Waals surface area (Å²) in [5.74, 6) is -1.55. The molecular formula is C16H15NO4S2. The van der Waals surface area contributed by atoms with Crippen molar-refractivity contribution < 1.29 is 18.9 Å². The number of fused-ring (bicyclic) bond motifs is 1. The van der Waals surface area contributed by atoms with E-state index in [0.29, 0.717) is 34.1 Å². The number of hydrogen-bond donors (Lipinski definition) is 1. The van der Waals surface area contributed by atoms with Crippen molar-refractivity contribution in [3.8, 4) is 0 Å². The van der Waals surface area contributed by atoms with E-state index in [1.807, 2.05) is 5.38 Å². The topological polar surface area (TPSA) is 76.4 Å². The Morgan fingerprint density at radius 3 is 2.91 bits per heavy atom. The van der Waals surface area contributed by atoms with Gasteiger partial charge < -0.3 is 9.67 Å². The maximum atomic E-state index is 12.8. The van der Waals surface area contributed by atoms with Crippen molar-refractivity contribution >= 4 is 33.9 Å². The van der Waals surface area contributed by atoms with E-state index >= 15 is 0 Å². The van der Waals surface area contributed by atoms with Gasteiger partial charge in [-0.25, -0.2) is 0 Å². The lowest BCUT2D eigenvalue weighted by atomic mass is 10.1. The number of thiophene rings is 1. The first-order valence-corrected chi connectivity index (χ1v) is 9.28. The first-order chi connectivity index (χ1) is 11.0. The molecule has 0 radical (unpaired) electrons. The number of carboxylic acid groups (broad SMARTS) is 1. The minimum atomic E-state index is -1.41. The van der Waals surface area contributed by atoms with Crippen molar-refractivity contribution in [2.75, 3.05) is 5.75 Å². The van der Waals surface area contributed by atoms with Gasteiger partial charge >= 0.3 is 5.97 Å². The van der Waals surface area contributed by atoms with Crippen LogP contribution in [0.1, 0.15) is 33.4 Å². The van der Waals surface area contributed by atoms with Gasteiger partial charge in [0.05, 0.1) is 26.5 Å². The van der Waals surface area contributed by atoms with E-state index in [4.69, 9.17) is 0 Å². The molecule has 120 valence electrons. The van der Waals surface area contributed by atoms with E-state index < -0.39 is 22.7 Å². The van der Waals surface area contributed by atoms with Crippen LogP contribution in [0.4, 0.5) is 0 Å². The molecule has 2 unspecified atom stereocenters. The maximum Gasteiger partial charge on any atom is 0.312 e. The molecule has 0 saturated heterocycles. The molecule has 2 aromatic heterocycles. The molecule has 0 spiro atoms. The lowest BCUT2D eigenvalue weighted by Gasteiger charge is -2.07. The zero-order chi connectivity index (χ0) is 16.6. The third-order valence-corrected chi connectivity index (χ3v) is 6.07. The van der Waals surface area contributed by atoms with E-state index in [2.05, 4.69) is 6.58 Å². The minimum absolute atomic E-state index is 0.204. The van der Waals surface area contributed by atoms with E-state index in [0.717, 1.165) is 0 Å². The molecule has 2 aromatic rings. The van der Waals surface area contributed by atoms with Gasteiger partial charge in [0.1, 0.15) is 5.69 Å². The van der Waals surface area contributed by atoms with Crippen molar-refractivity contribution in [1.29, 1.82) is 0 Å². The molecular weight excluding hydrogens is 334 g/mol. The van der Waals surface area contributed by atoms with Gasteiger partial charge in [-0.05, 0) is 23.9 Å². The lowest BCUT2D eigenvalue weighted by molar-refractivity contribution is -0.138. The number of carbonyl (C=O) groups is 2. The van der Waals surface area contributed by atoms with Crippen molar-refractivity contribution in [3.05, 3.63) is 52.5 Å². The summed E-state index contributed by atoms with van der Waals surface area (Å²) in [7, 11) is -1.41. The van der Waals surface area contributed by atoms with E-state index in [9.17, 15) is 18.9 Å². The zero-order valence-corrected chi connectivity index (χ0v) is 13.9. The van der Waals surface area contributed by atoms with Crippen LogP contribution in [0, 0.1) is 0 Å². The van der Waals surface area contributed by atoms with Crippen molar-refractivity contribution in [3.63, 3.8) is 0 Å². The molecule has 5 nitrogen and oxygen atoms in total. The van der Waals surface area contributed by atoms with Crippen LogP contribution in [0.3, 0.4) is 0 Å². The number of carboxylic acids is 1. The molecule has 23 heavy (non-hydrogen) atoms. The maximum absolute atomic E-state index is 12.8. The summed E-state index contributed by atoms with van der Waals surface area (Å²) in [6, 6.07) is 5.12. The lowest BCUT2D eigenvalue weighted by Crippen LogP contribution is -2.11. The monoisotopic (exact) mass is 349 g/mol. The van der Waals surface area contributed by atoms with E-state index in [-0.39, 0.29) is 11.5 Å². The molecule has 0 amide bonds. The normalized spacial score (nSPS) is 17.7. The van der Waals surface area contributed by atoms with Crippen LogP contribution in [0.2, 0.25) is 0 Å². The number of hydrogen-bond acceptors (Lipinski definition) is 4. The van der Waals surface area contributed by atoms with Crippen molar-refractivity contribution in [1.82, 2.24) is 4.57 Å². The van der Waals surface area contributed by atoms with Crippen LogP contribution in [-0.4, -0.2) is 31.4 Å². The fraction of sp³-hybridized carbons (Fsp3) is 0.250. The van der Waals surface area contributed by atoms with Crippen LogP contribution in [0.5, 0.6) is 0 Å². The second kappa shape index (κ2) is 6.25. The predicted molar refractivity (Wildman–Crippen MR) is 88.6 cm³/mol. The highest BCUT2D eigenvalue weighted by Crippen LogP contribution is 2.35. The highest BCUT2D eigenvalue weighted by atomic mass is 32.2. The number of nitrogens with zero attached hydrogens (tertiary/aromatic N) is 1. The summed E-state index contributed by atoms with van der Waals surface area (Å²) in [6.07, 6.45) is 1.98. The predicted octanol–water partition coefficient (Wildman–Crippen LogP) is 2.65. The summed E-state index contributed by atoms with van der Waals surface area (Å²) in [5.41, 5.74) is 0.913. The third kappa shape index (κ3) is 2.70. The van der Waals surface area contributed by atoms with Gasteiger partial charge in [0, 0.05) is 18.0 Å². The zero-order valence-electron chi connectivity index (χ0n) is 12.2. The molecule has 1 aliphatic rings. The molecule has 7 heteroatoms. The third-order valence-electron chi connectivity index (χ3n) is 3.87. The minimum Gasteiger partial charge on any atom is -0.481 e. The van der Waals surface area contributed by atoms with Crippen molar-refractivity contribution in [2.24, 2.45) is 0 Å². The molecule has 1 N–H and O–H groups in total. The SMILES string of the molecule is C=CCS(=O)c1cc2n(c1C(=O)c1cccs1)CCC2C(=O)O.